The van der Waals surface area contributed by atoms with Crippen LogP contribution in [0.2, 0.25) is 0 Å². The van der Waals surface area contributed by atoms with Crippen LogP contribution in [0.1, 0.15) is 25.5 Å². The highest BCUT2D eigenvalue weighted by atomic mass is 19.1. The highest BCUT2D eigenvalue weighted by molar-refractivity contribution is 5.84. The first kappa shape index (κ1) is 17.0. The zero-order valence-corrected chi connectivity index (χ0v) is 14.2. The largest absolute Gasteiger partial charge is 0.481 e. The summed E-state index contributed by atoms with van der Waals surface area (Å²) in [6.45, 7) is 3.57. The molecule has 128 valence electrons. The molecule has 4 heteroatoms. The molecule has 0 saturated heterocycles. The first-order chi connectivity index (χ1) is 12.0. The summed E-state index contributed by atoms with van der Waals surface area (Å²) in [6, 6.07) is 19.6. The Bertz CT molecular complexity index is 876. The van der Waals surface area contributed by atoms with Crippen LogP contribution in [0.15, 0.2) is 66.7 Å². The summed E-state index contributed by atoms with van der Waals surface area (Å²) in [5, 5.41) is 5.07. The predicted octanol–water partition coefficient (Wildman–Crippen LogP) is 4.62. The molecule has 25 heavy (non-hydrogen) atoms. The fraction of sp³-hybridized carbons (Fsp3) is 0.190. The second kappa shape index (κ2) is 7.34. The van der Waals surface area contributed by atoms with E-state index in [4.69, 9.17) is 4.74 Å². The van der Waals surface area contributed by atoms with Crippen molar-refractivity contribution in [3.05, 3.63) is 78.1 Å². The molecule has 1 amide bonds. The molecule has 0 aliphatic heterocycles. The van der Waals surface area contributed by atoms with Gasteiger partial charge >= 0.3 is 0 Å². The van der Waals surface area contributed by atoms with E-state index in [9.17, 15) is 9.18 Å². The standard InChI is InChI=1S/C21H20FNO2/c1-14(16-7-10-19(22)11-8-16)23-21(24)15(2)25-20-12-9-17-5-3-4-6-18(17)13-20/h3-15H,1-2H3,(H,23,24)/t14-,15-/m1/s1. The van der Waals surface area contributed by atoms with Crippen LogP contribution in [0.25, 0.3) is 10.8 Å². The third-order valence-electron chi connectivity index (χ3n) is 4.13. The van der Waals surface area contributed by atoms with Gasteiger partial charge in [0.15, 0.2) is 6.10 Å². The zero-order valence-electron chi connectivity index (χ0n) is 14.2. The molecular weight excluding hydrogens is 317 g/mol. The summed E-state index contributed by atoms with van der Waals surface area (Å²) in [5.41, 5.74) is 0.840. The molecule has 3 aromatic carbocycles. The SMILES string of the molecule is C[C@@H](Oc1ccc2ccccc2c1)C(=O)N[C@H](C)c1ccc(F)cc1. The first-order valence-electron chi connectivity index (χ1n) is 8.24. The normalized spacial score (nSPS) is 13.2. The number of ether oxygens (including phenoxy) is 1. The summed E-state index contributed by atoms with van der Waals surface area (Å²) in [6.07, 6.45) is -0.635. The third-order valence-corrected chi connectivity index (χ3v) is 4.13. The van der Waals surface area contributed by atoms with Crippen LogP contribution >= 0.6 is 0 Å². The van der Waals surface area contributed by atoms with Gasteiger partial charge in [-0.05, 0) is 54.4 Å². The Morgan fingerprint density at radius 3 is 2.36 bits per heavy atom. The van der Waals surface area contributed by atoms with Crippen LogP contribution in [-0.4, -0.2) is 12.0 Å². The van der Waals surface area contributed by atoms with E-state index in [1.54, 1.807) is 19.1 Å². The van der Waals surface area contributed by atoms with Crippen LogP contribution < -0.4 is 10.1 Å². The van der Waals surface area contributed by atoms with E-state index in [2.05, 4.69) is 5.32 Å². The molecule has 1 N–H and O–H groups in total. The maximum Gasteiger partial charge on any atom is 0.261 e. The molecule has 3 nitrogen and oxygen atoms in total. The second-order valence-electron chi connectivity index (χ2n) is 6.05. The molecule has 2 atom stereocenters. The van der Waals surface area contributed by atoms with Gasteiger partial charge in [0.2, 0.25) is 0 Å². The molecule has 0 heterocycles. The minimum Gasteiger partial charge on any atom is -0.481 e. The number of amides is 1. The Kier molecular flexibility index (Phi) is 4.98. The Balaban J connectivity index is 1.64. The number of rotatable bonds is 5. The Labute approximate surface area is 146 Å². The summed E-state index contributed by atoms with van der Waals surface area (Å²) >= 11 is 0. The molecule has 0 aliphatic carbocycles. The van der Waals surface area contributed by atoms with E-state index in [0.29, 0.717) is 5.75 Å². The third kappa shape index (κ3) is 4.15. The first-order valence-corrected chi connectivity index (χ1v) is 8.24. The van der Waals surface area contributed by atoms with Crippen molar-refractivity contribution in [2.75, 3.05) is 0 Å². The fourth-order valence-corrected chi connectivity index (χ4v) is 2.66. The second-order valence-corrected chi connectivity index (χ2v) is 6.05. The number of fused-ring (bicyclic) bond motifs is 1. The maximum atomic E-state index is 13.0. The van der Waals surface area contributed by atoms with Gasteiger partial charge in [-0.15, -0.1) is 0 Å². The van der Waals surface area contributed by atoms with Crippen molar-refractivity contribution in [3.63, 3.8) is 0 Å². The average Bonchev–Trinajstić information content (AvgIpc) is 2.62. The number of hydrogen-bond donors (Lipinski definition) is 1. The van der Waals surface area contributed by atoms with E-state index < -0.39 is 6.10 Å². The van der Waals surface area contributed by atoms with Gasteiger partial charge in [0.05, 0.1) is 6.04 Å². The number of benzene rings is 3. The van der Waals surface area contributed by atoms with Crippen LogP contribution in [0.5, 0.6) is 5.75 Å². The number of halogens is 1. The summed E-state index contributed by atoms with van der Waals surface area (Å²) in [4.78, 5) is 12.4. The van der Waals surface area contributed by atoms with E-state index in [1.807, 2.05) is 49.4 Å². The van der Waals surface area contributed by atoms with Gasteiger partial charge in [-0.3, -0.25) is 4.79 Å². The smallest absolute Gasteiger partial charge is 0.261 e. The molecule has 0 fully saturated rings. The minimum atomic E-state index is -0.635. The molecular formula is C21H20FNO2. The lowest BCUT2D eigenvalue weighted by atomic mass is 10.1. The Morgan fingerprint density at radius 1 is 0.960 bits per heavy atom. The molecule has 0 bridgehead atoms. The predicted molar refractivity (Wildman–Crippen MR) is 97.0 cm³/mol. The number of carbonyl (C=O) groups is 1. The Morgan fingerprint density at radius 2 is 1.64 bits per heavy atom. The van der Waals surface area contributed by atoms with Crippen molar-refractivity contribution >= 4 is 16.7 Å². The topological polar surface area (TPSA) is 38.3 Å². The van der Waals surface area contributed by atoms with Gasteiger partial charge in [0.25, 0.3) is 5.91 Å². The highest BCUT2D eigenvalue weighted by Gasteiger charge is 2.18. The van der Waals surface area contributed by atoms with E-state index >= 15 is 0 Å². The van der Waals surface area contributed by atoms with Crippen molar-refractivity contribution < 1.29 is 13.9 Å². The van der Waals surface area contributed by atoms with E-state index in [-0.39, 0.29) is 17.8 Å². The van der Waals surface area contributed by atoms with Gasteiger partial charge in [0, 0.05) is 0 Å². The monoisotopic (exact) mass is 337 g/mol. The van der Waals surface area contributed by atoms with Crippen molar-refractivity contribution in [1.29, 1.82) is 0 Å². The summed E-state index contributed by atoms with van der Waals surface area (Å²) in [7, 11) is 0. The summed E-state index contributed by atoms with van der Waals surface area (Å²) in [5.74, 6) is 0.135. The zero-order chi connectivity index (χ0) is 17.8. The number of carbonyl (C=O) groups excluding carboxylic acids is 1. The number of nitrogens with one attached hydrogen (secondary N) is 1. The molecule has 0 spiro atoms. The lowest BCUT2D eigenvalue weighted by Crippen LogP contribution is -2.37. The lowest BCUT2D eigenvalue weighted by Gasteiger charge is -2.19. The van der Waals surface area contributed by atoms with Gasteiger partial charge in [0.1, 0.15) is 11.6 Å². The lowest BCUT2D eigenvalue weighted by molar-refractivity contribution is -0.127. The van der Waals surface area contributed by atoms with Gasteiger partial charge in [-0.2, -0.15) is 0 Å². The molecule has 0 aliphatic rings. The minimum absolute atomic E-state index is 0.218. The van der Waals surface area contributed by atoms with Gasteiger partial charge in [-0.25, -0.2) is 4.39 Å². The van der Waals surface area contributed by atoms with Crippen molar-refractivity contribution in [2.24, 2.45) is 0 Å². The van der Waals surface area contributed by atoms with E-state index in [1.165, 1.54) is 12.1 Å². The summed E-state index contributed by atoms with van der Waals surface area (Å²) < 4.78 is 18.8. The van der Waals surface area contributed by atoms with Crippen LogP contribution in [0.3, 0.4) is 0 Å². The molecule has 0 saturated carbocycles. The Hall–Kier alpha value is -2.88. The van der Waals surface area contributed by atoms with Crippen molar-refractivity contribution in [1.82, 2.24) is 5.32 Å². The van der Waals surface area contributed by atoms with Crippen LogP contribution in [0.4, 0.5) is 4.39 Å². The quantitative estimate of drug-likeness (QED) is 0.737. The van der Waals surface area contributed by atoms with Crippen LogP contribution in [-0.2, 0) is 4.79 Å². The molecule has 3 aromatic rings. The number of hydrogen-bond acceptors (Lipinski definition) is 2. The molecule has 0 aromatic heterocycles. The van der Waals surface area contributed by atoms with Gasteiger partial charge in [-0.1, -0.05) is 42.5 Å². The maximum absolute atomic E-state index is 13.0. The van der Waals surface area contributed by atoms with Gasteiger partial charge < -0.3 is 10.1 Å². The highest BCUT2D eigenvalue weighted by Crippen LogP contribution is 2.21. The van der Waals surface area contributed by atoms with Crippen LogP contribution in [0, 0.1) is 5.82 Å². The van der Waals surface area contributed by atoms with Crippen molar-refractivity contribution in [3.8, 4) is 5.75 Å². The molecule has 0 radical (unpaired) electrons. The fourth-order valence-electron chi connectivity index (χ4n) is 2.66. The molecule has 3 rings (SSSR count). The van der Waals surface area contributed by atoms with E-state index in [0.717, 1.165) is 16.3 Å². The average molecular weight is 337 g/mol. The van der Waals surface area contributed by atoms with Crippen molar-refractivity contribution in [2.45, 2.75) is 26.0 Å². The molecule has 0 unspecified atom stereocenters.